The number of nitrogens with zero attached hydrogens (tertiary/aromatic N) is 4. The molecule has 0 unspecified atom stereocenters. The van der Waals surface area contributed by atoms with Crippen molar-refractivity contribution >= 4 is 46.8 Å². The largest absolute Gasteiger partial charge is 0.355 e. The highest BCUT2D eigenvalue weighted by atomic mass is 35.5. The minimum atomic E-state index is -0.210. The summed E-state index contributed by atoms with van der Waals surface area (Å²) in [5.41, 5.74) is 1.82. The molecule has 2 amide bonds. The van der Waals surface area contributed by atoms with Gasteiger partial charge in [0.15, 0.2) is 5.16 Å². The monoisotopic (exact) mass is 470 g/mol. The second kappa shape index (κ2) is 10.1. The number of carbonyl (C=O) groups excluding carboxylic acids is 2. The van der Waals surface area contributed by atoms with Crippen LogP contribution in [0.5, 0.6) is 0 Å². The summed E-state index contributed by atoms with van der Waals surface area (Å²) in [6, 6.07) is 14.3. The third kappa shape index (κ3) is 4.89. The highest BCUT2D eigenvalue weighted by molar-refractivity contribution is 7.99. The van der Waals surface area contributed by atoms with Gasteiger partial charge < -0.3 is 15.5 Å². The Morgan fingerprint density at radius 1 is 1.09 bits per heavy atom. The molecule has 1 aromatic heterocycles. The quantitative estimate of drug-likeness (QED) is 0.512. The Bertz CT molecular complexity index is 1130. The van der Waals surface area contributed by atoms with E-state index in [4.69, 9.17) is 11.6 Å². The number of benzene rings is 2. The zero-order valence-electron chi connectivity index (χ0n) is 17.5. The normalized spacial score (nSPS) is 13.2. The fraction of sp³-hybridized carbons (Fsp3) is 0.273. The van der Waals surface area contributed by atoms with Gasteiger partial charge in [-0.3, -0.25) is 14.2 Å². The van der Waals surface area contributed by atoms with Crippen LogP contribution in [0.1, 0.15) is 23.2 Å². The van der Waals surface area contributed by atoms with Crippen molar-refractivity contribution in [1.82, 2.24) is 20.1 Å². The summed E-state index contributed by atoms with van der Waals surface area (Å²) in [5, 5.41) is 15.3. The number of hydrogen-bond donors (Lipinski definition) is 2. The number of thioether (sulfide) groups is 1. The van der Waals surface area contributed by atoms with Gasteiger partial charge in [0.25, 0.3) is 5.91 Å². The van der Waals surface area contributed by atoms with E-state index in [0.29, 0.717) is 21.4 Å². The molecule has 8 nitrogen and oxygen atoms in total. The Labute approximate surface area is 195 Å². The van der Waals surface area contributed by atoms with E-state index in [1.54, 1.807) is 31.3 Å². The van der Waals surface area contributed by atoms with Gasteiger partial charge in [-0.15, -0.1) is 10.2 Å². The third-order valence-corrected chi connectivity index (χ3v) is 6.32. The van der Waals surface area contributed by atoms with Crippen molar-refractivity contribution in [2.24, 2.45) is 0 Å². The summed E-state index contributed by atoms with van der Waals surface area (Å²) in [4.78, 5) is 26.6. The summed E-state index contributed by atoms with van der Waals surface area (Å²) in [5.74, 6) is 0.447. The second-order valence-corrected chi connectivity index (χ2v) is 8.61. The maximum absolute atomic E-state index is 12.6. The first kappa shape index (κ1) is 22.2. The number of anilines is 2. The van der Waals surface area contributed by atoms with E-state index in [2.05, 4.69) is 25.7 Å². The van der Waals surface area contributed by atoms with Gasteiger partial charge in [-0.25, -0.2) is 0 Å². The van der Waals surface area contributed by atoms with E-state index in [0.717, 1.165) is 37.6 Å². The Balaban J connectivity index is 1.51. The molecule has 3 aromatic rings. The molecule has 0 bridgehead atoms. The van der Waals surface area contributed by atoms with Crippen LogP contribution in [0.2, 0.25) is 5.02 Å². The highest BCUT2D eigenvalue weighted by Gasteiger charge is 2.24. The van der Waals surface area contributed by atoms with E-state index in [1.807, 2.05) is 28.8 Å². The number of halogens is 1. The van der Waals surface area contributed by atoms with Crippen molar-refractivity contribution in [3.05, 3.63) is 59.1 Å². The van der Waals surface area contributed by atoms with Crippen LogP contribution in [-0.2, 0) is 4.79 Å². The van der Waals surface area contributed by atoms with Crippen LogP contribution in [0, 0.1) is 0 Å². The molecular formula is C22H23ClN6O2S. The lowest BCUT2D eigenvalue weighted by atomic mass is 10.2. The Morgan fingerprint density at radius 3 is 2.62 bits per heavy atom. The Kier molecular flexibility index (Phi) is 6.96. The van der Waals surface area contributed by atoms with Gasteiger partial charge in [0, 0.05) is 31.4 Å². The lowest BCUT2D eigenvalue weighted by molar-refractivity contribution is -0.113. The van der Waals surface area contributed by atoms with Crippen molar-refractivity contribution < 1.29 is 9.59 Å². The molecule has 1 saturated heterocycles. The zero-order valence-corrected chi connectivity index (χ0v) is 19.1. The molecule has 0 spiro atoms. The maximum Gasteiger partial charge on any atom is 0.251 e. The van der Waals surface area contributed by atoms with E-state index < -0.39 is 0 Å². The summed E-state index contributed by atoms with van der Waals surface area (Å²) in [6.07, 6.45) is 2.21. The fourth-order valence-electron chi connectivity index (χ4n) is 3.53. The zero-order chi connectivity index (χ0) is 22.5. The maximum atomic E-state index is 12.6. The number of nitrogens with one attached hydrogen (secondary N) is 2. The van der Waals surface area contributed by atoms with Crippen LogP contribution in [0.15, 0.2) is 53.7 Å². The van der Waals surface area contributed by atoms with E-state index in [9.17, 15) is 9.59 Å². The Hall–Kier alpha value is -3.04. The molecule has 1 aliphatic rings. The minimum Gasteiger partial charge on any atom is -0.355 e. The molecule has 10 heteroatoms. The molecule has 0 radical (unpaired) electrons. The first-order chi connectivity index (χ1) is 15.6. The summed E-state index contributed by atoms with van der Waals surface area (Å²) in [6.45, 7) is 1.82. The lowest BCUT2D eigenvalue weighted by Crippen LogP contribution is -2.22. The van der Waals surface area contributed by atoms with Gasteiger partial charge >= 0.3 is 0 Å². The predicted octanol–water partition coefficient (Wildman–Crippen LogP) is 3.61. The van der Waals surface area contributed by atoms with Crippen molar-refractivity contribution in [2.45, 2.75) is 18.0 Å². The first-order valence-corrected chi connectivity index (χ1v) is 11.6. The van der Waals surface area contributed by atoms with E-state index in [1.165, 1.54) is 11.8 Å². The molecule has 1 aliphatic heterocycles. The lowest BCUT2D eigenvalue weighted by Gasteiger charge is -2.19. The average Bonchev–Trinajstić information content (AvgIpc) is 3.47. The fourth-order valence-corrected chi connectivity index (χ4v) is 4.49. The van der Waals surface area contributed by atoms with Crippen molar-refractivity contribution in [3.63, 3.8) is 0 Å². The van der Waals surface area contributed by atoms with Crippen LogP contribution in [0.25, 0.3) is 5.69 Å². The van der Waals surface area contributed by atoms with Crippen LogP contribution in [0.4, 0.5) is 11.6 Å². The van der Waals surface area contributed by atoms with Gasteiger partial charge in [0.05, 0.1) is 16.5 Å². The standard InChI is InChI=1S/C22H23ClN6O2S/c1-24-20(31)15-7-6-8-16(13-15)25-19(30)14-32-22-27-26-21(28-11-4-5-12-28)29(22)18-10-3-2-9-17(18)23/h2-3,6-10,13H,4-5,11-12,14H2,1H3,(H,24,31)(H,25,30). The number of rotatable bonds is 7. The molecular weight excluding hydrogens is 448 g/mol. The molecule has 2 N–H and O–H groups in total. The van der Waals surface area contributed by atoms with Crippen molar-refractivity contribution in [3.8, 4) is 5.69 Å². The van der Waals surface area contributed by atoms with E-state index >= 15 is 0 Å². The van der Waals surface area contributed by atoms with Crippen LogP contribution in [-0.4, -0.2) is 52.5 Å². The smallest absolute Gasteiger partial charge is 0.251 e. The number of carbonyl (C=O) groups is 2. The molecule has 0 atom stereocenters. The van der Waals surface area contributed by atoms with Crippen molar-refractivity contribution in [1.29, 1.82) is 0 Å². The van der Waals surface area contributed by atoms with Gasteiger partial charge in [0.1, 0.15) is 0 Å². The predicted molar refractivity (Wildman–Crippen MR) is 127 cm³/mol. The molecule has 32 heavy (non-hydrogen) atoms. The molecule has 0 saturated carbocycles. The highest BCUT2D eigenvalue weighted by Crippen LogP contribution is 2.31. The third-order valence-electron chi connectivity index (χ3n) is 5.07. The topological polar surface area (TPSA) is 92.2 Å². The van der Waals surface area contributed by atoms with Gasteiger partial charge in [-0.1, -0.05) is 41.6 Å². The SMILES string of the molecule is CNC(=O)c1cccc(NC(=O)CSc2nnc(N3CCCC3)n2-c2ccccc2Cl)c1. The summed E-state index contributed by atoms with van der Waals surface area (Å²) < 4.78 is 1.91. The molecule has 0 aliphatic carbocycles. The van der Waals surface area contributed by atoms with Crippen LogP contribution < -0.4 is 15.5 Å². The molecule has 1 fully saturated rings. The average molecular weight is 471 g/mol. The minimum absolute atomic E-state index is 0.132. The Morgan fingerprint density at radius 2 is 1.88 bits per heavy atom. The first-order valence-electron chi connectivity index (χ1n) is 10.3. The van der Waals surface area contributed by atoms with E-state index in [-0.39, 0.29) is 17.6 Å². The molecule has 2 aromatic carbocycles. The second-order valence-electron chi connectivity index (χ2n) is 7.26. The molecule has 2 heterocycles. The summed E-state index contributed by atoms with van der Waals surface area (Å²) in [7, 11) is 1.57. The van der Waals surface area contributed by atoms with Gasteiger partial charge in [-0.05, 0) is 43.2 Å². The summed E-state index contributed by atoms with van der Waals surface area (Å²) >= 11 is 7.76. The van der Waals surface area contributed by atoms with Crippen LogP contribution >= 0.6 is 23.4 Å². The van der Waals surface area contributed by atoms with Gasteiger partial charge in [0.2, 0.25) is 11.9 Å². The van der Waals surface area contributed by atoms with Crippen LogP contribution in [0.3, 0.4) is 0 Å². The molecule has 166 valence electrons. The number of para-hydroxylation sites is 1. The number of amides is 2. The number of aromatic nitrogens is 3. The van der Waals surface area contributed by atoms with Gasteiger partial charge in [-0.2, -0.15) is 0 Å². The molecule has 4 rings (SSSR count). The number of hydrogen-bond acceptors (Lipinski definition) is 6. The van der Waals surface area contributed by atoms with Crippen molar-refractivity contribution in [2.75, 3.05) is 36.1 Å².